The van der Waals surface area contributed by atoms with Crippen molar-refractivity contribution in [2.24, 2.45) is 0 Å². The molecule has 1 spiro atoms. The van der Waals surface area contributed by atoms with Crippen molar-refractivity contribution in [3.05, 3.63) is 217 Å². The normalized spacial score (nSPS) is 13.8. The highest BCUT2D eigenvalue weighted by atomic mass is 14.9. The van der Waals surface area contributed by atoms with Gasteiger partial charge in [0, 0.05) is 22.1 Å². The van der Waals surface area contributed by atoms with Crippen LogP contribution in [0.1, 0.15) is 43.2 Å². The zero-order valence-corrected chi connectivity index (χ0v) is 33.6. The zero-order valence-electron chi connectivity index (χ0n) is 33.6. The minimum absolute atomic E-state index is 0.159. The fraction of sp³-hybridized carbons (Fsp3) is 0.103. The minimum atomic E-state index is 0.159. The summed E-state index contributed by atoms with van der Waals surface area (Å²) in [7, 11) is 0. The second-order valence-electron chi connectivity index (χ2n) is 16.5. The van der Waals surface area contributed by atoms with Crippen LogP contribution in [0.5, 0.6) is 0 Å². The molecule has 9 aromatic rings. The van der Waals surface area contributed by atoms with Gasteiger partial charge in [0.1, 0.15) is 0 Å². The molecule has 0 aliphatic heterocycles. The topological polar surface area (TPSA) is 25.8 Å². The Morgan fingerprint density at radius 1 is 0.283 bits per heavy atom. The SMILES string of the molecule is c1ccc(-c2ccc(-c3cc(-c4ccccc4)nc(-c4cccc(-c5cccc(-c6ccc(-c7ccc8c(c7)C7(CCCCC7)c7ccccc7-8)cc6)c5)c4)n3)cc2)cc1. The third-order valence-electron chi connectivity index (χ3n) is 12.9. The predicted octanol–water partition coefficient (Wildman–Crippen LogP) is 15.4. The lowest BCUT2D eigenvalue weighted by molar-refractivity contribution is 0.353. The predicted molar refractivity (Wildman–Crippen MR) is 249 cm³/mol. The van der Waals surface area contributed by atoms with Gasteiger partial charge in [-0.05, 0) is 104 Å². The molecule has 2 aliphatic carbocycles. The molecule has 2 nitrogen and oxygen atoms in total. The summed E-state index contributed by atoms with van der Waals surface area (Å²) in [6.07, 6.45) is 6.44. The summed E-state index contributed by atoms with van der Waals surface area (Å²) < 4.78 is 0. The van der Waals surface area contributed by atoms with Gasteiger partial charge in [0.05, 0.1) is 11.4 Å². The average molecular weight is 769 g/mol. The van der Waals surface area contributed by atoms with Crippen LogP contribution in [0.2, 0.25) is 0 Å². The van der Waals surface area contributed by atoms with Crippen LogP contribution in [-0.4, -0.2) is 9.97 Å². The summed E-state index contributed by atoms with van der Waals surface area (Å²) in [5, 5.41) is 0. The molecule has 11 rings (SSSR count). The van der Waals surface area contributed by atoms with Gasteiger partial charge >= 0.3 is 0 Å². The largest absolute Gasteiger partial charge is 0.228 e. The number of aromatic nitrogens is 2. The van der Waals surface area contributed by atoms with E-state index in [1.54, 1.807) is 5.56 Å². The standard InChI is InChI=1S/C58H44N2/c1-4-14-40(15-5-1)41-28-30-45(31-29-41)56-39-55(44-16-6-2-7-17-44)59-57(60-56)50-21-13-20-48(37-50)47-19-12-18-46(36-47)42-24-26-43(27-25-42)49-32-33-52-51-22-8-9-23-53(51)58(54(52)38-49)34-10-3-11-35-58/h1-2,4-9,12-33,36-39H,3,10-11,34-35H2. The van der Waals surface area contributed by atoms with Crippen LogP contribution < -0.4 is 0 Å². The van der Waals surface area contributed by atoms with Gasteiger partial charge in [0.25, 0.3) is 0 Å². The molecule has 0 bridgehead atoms. The van der Waals surface area contributed by atoms with E-state index in [0.29, 0.717) is 5.82 Å². The van der Waals surface area contributed by atoms with E-state index in [2.05, 4.69) is 200 Å². The Hall–Kier alpha value is -7.16. The molecule has 0 unspecified atom stereocenters. The molecule has 1 fully saturated rings. The first-order chi connectivity index (χ1) is 29.7. The molecule has 1 heterocycles. The van der Waals surface area contributed by atoms with E-state index in [4.69, 9.17) is 9.97 Å². The quantitative estimate of drug-likeness (QED) is 0.161. The molecule has 0 N–H and O–H groups in total. The van der Waals surface area contributed by atoms with E-state index in [1.807, 2.05) is 6.07 Å². The van der Waals surface area contributed by atoms with Crippen LogP contribution in [0.25, 0.3) is 89.5 Å². The maximum absolute atomic E-state index is 5.18. The molecule has 1 saturated carbocycles. The number of nitrogens with zero attached hydrogens (tertiary/aromatic N) is 2. The van der Waals surface area contributed by atoms with Gasteiger partial charge in [-0.3, -0.25) is 0 Å². The minimum Gasteiger partial charge on any atom is -0.228 e. The van der Waals surface area contributed by atoms with E-state index in [0.717, 1.165) is 39.2 Å². The summed E-state index contributed by atoms with van der Waals surface area (Å²) in [6.45, 7) is 0. The first-order valence-corrected chi connectivity index (χ1v) is 21.4. The van der Waals surface area contributed by atoms with Crippen molar-refractivity contribution in [1.82, 2.24) is 9.97 Å². The molecular formula is C58H44N2. The van der Waals surface area contributed by atoms with E-state index in [-0.39, 0.29) is 5.41 Å². The molecule has 0 atom stereocenters. The molecule has 286 valence electrons. The van der Waals surface area contributed by atoms with Gasteiger partial charge in [-0.25, -0.2) is 9.97 Å². The van der Waals surface area contributed by atoms with Crippen molar-refractivity contribution >= 4 is 0 Å². The average Bonchev–Trinajstić information content (AvgIpc) is 3.60. The Morgan fingerprint density at radius 2 is 0.700 bits per heavy atom. The Balaban J connectivity index is 0.895. The van der Waals surface area contributed by atoms with Crippen molar-refractivity contribution in [3.8, 4) is 89.5 Å². The summed E-state index contributed by atoms with van der Waals surface area (Å²) in [4.78, 5) is 10.3. The Kier molecular flexibility index (Phi) is 9.12. The van der Waals surface area contributed by atoms with Crippen LogP contribution in [0, 0.1) is 0 Å². The lowest BCUT2D eigenvalue weighted by atomic mass is 9.67. The first-order valence-electron chi connectivity index (χ1n) is 21.4. The molecule has 0 radical (unpaired) electrons. The van der Waals surface area contributed by atoms with E-state index in [1.165, 1.54) is 82.2 Å². The van der Waals surface area contributed by atoms with Gasteiger partial charge in [-0.1, -0.05) is 201 Å². The van der Waals surface area contributed by atoms with Gasteiger partial charge in [-0.2, -0.15) is 0 Å². The van der Waals surface area contributed by atoms with E-state index in [9.17, 15) is 0 Å². The van der Waals surface area contributed by atoms with Crippen LogP contribution >= 0.6 is 0 Å². The first kappa shape index (κ1) is 36.0. The summed E-state index contributed by atoms with van der Waals surface area (Å²) in [5.74, 6) is 0.705. The Labute approximate surface area is 353 Å². The highest BCUT2D eigenvalue weighted by molar-refractivity contribution is 5.85. The smallest absolute Gasteiger partial charge is 0.160 e. The van der Waals surface area contributed by atoms with Crippen molar-refractivity contribution < 1.29 is 0 Å². The molecule has 2 heteroatoms. The highest BCUT2D eigenvalue weighted by Gasteiger charge is 2.43. The number of hydrogen-bond donors (Lipinski definition) is 0. The van der Waals surface area contributed by atoms with Crippen molar-refractivity contribution in [3.63, 3.8) is 0 Å². The van der Waals surface area contributed by atoms with Gasteiger partial charge < -0.3 is 0 Å². The molecule has 0 amide bonds. The van der Waals surface area contributed by atoms with E-state index < -0.39 is 0 Å². The Morgan fingerprint density at radius 3 is 1.35 bits per heavy atom. The molecular weight excluding hydrogens is 725 g/mol. The third kappa shape index (κ3) is 6.55. The number of hydrogen-bond acceptors (Lipinski definition) is 2. The second-order valence-corrected chi connectivity index (χ2v) is 16.5. The molecule has 1 aromatic heterocycles. The van der Waals surface area contributed by atoms with Crippen LogP contribution in [-0.2, 0) is 5.41 Å². The lowest BCUT2D eigenvalue weighted by Crippen LogP contribution is -2.28. The Bertz CT molecular complexity index is 2980. The number of benzene rings is 8. The second kappa shape index (κ2) is 15.2. The van der Waals surface area contributed by atoms with Crippen molar-refractivity contribution in [2.75, 3.05) is 0 Å². The molecule has 0 saturated heterocycles. The summed E-state index contributed by atoms with van der Waals surface area (Å²) >= 11 is 0. The van der Waals surface area contributed by atoms with Crippen LogP contribution in [0.4, 0.5) is 0 Å². The maximum Gasteiger partial charge on any atom is 0.160 e. The maximum atomic E-state index is 5.18. The van der Waals surface area contributed by atoms with Crippen LogP contribution in [0.3, 0.4) is 0 Å². The fourth-order valence-electron chi connectivity index (χ4n) is 9.85. The summed E-state index contributed by atoms with van der Waals surface area (Å²) in [6, 6.07) is 74.7. The number of rotatable bonds is 7. The summed E-state index contributed by atoms with van der Waals surface area (Å²) in [5.41, 5.74) is 20.6. The number of fused-ring (bicyclic) bond motifs is 5. The van der Waals surface area contributed by atoms with Crippen molar-refractivity contribution in [1.29, 1.82) is 0 Å². The molecule has 60 heavy (non-hydrogen) atoms. The van der Waals surface area contributed by atoms with Crippen LogP contribution in [0.15, 0.2) is 206 Å². The van der Waals surface area contributed by atoms with Crippen molar-refractivity contribution in [2.45, 2.75) is 37.5 Å². The van der Waals surface area contributed by atoms with Gasteiger partial charge in [-0.15, -0.1) is 0 Å². The third-order valence-corrected chi connectivity index (χ3v) is 12.9. The highest BCUT2D eigenvalue weighted by Crippen LogP contribution is 2.56. The van der Waals surface area contributed by atoms with Gasteiger partial charge in [0.2, 0.25) is 0 Å². The molecule has 2 aliphatic rings. The zero-order chi connectivity index (χ0) is 39.9. The van der Waals surface area contributed by atoms with Gasteiger partial charge in [0.15, 0.2) is 5.82 Å². The monoisotopic (exact) mass is 768 g/mol. The van der Waals surface area contributed by atoms with E-state index >= 15 is 0 Å². The fourth-order valence-corrected chi connectivity index (χ4v) is 9.85. The lowest BCUT2D eigenvalue weighted by Gasteiger charge is -2.36. The molecule has 8 aromatic carbocycles.